The Morgan fingerprint density at radius 2 is 1.33 bits per heavy atom. The summed E-state index contributed by atoms with van der Waals surface area (Å²) in [7, 11) is 0. The van der Waals surface area contributed by atoms with Crippen molar-refractivity contribution in [2.75, 3.05) is 0 Å². The monoisotopic (exact) mass is 607 g/mol. The summed E-state index contributed by atoms with van der Waals surface area (Å²) in [4.78, 5) is 0. The summed E-state index contributed by atoms with van der Waals surface area (Å²) in [6.07, 6.45) is 8.81. The number of hydrogen-bond acceptors (Lipinski definition) is 3. The molecule has 8 aromatic rings. The molecule has 4 heteroatoms. The molecule has 1 aliphatic carbocycles. The number of allylic oxidation sites excluding steroid dienone is 2. The molecule has 1 N–H and O–H groups in total. The number of nitrogens with one attached hydrogen (secondary N) is 1. The standard InChI is InChI=1S/C42H29N3S/c1-3-13-27(14-4-1)29-23-24-36-34(25-29)38-39-33-20-10-12-22-37(33)46-42(39)31-18-8-7-17-30(31)41(38)44(36)26-45-40(28-15-5-2-6-16-28)32-19-9-11-21-35(32)43-45/h1-25,35,43H,26H2. The van der Waals surface area contributed by atoms with Crippen molar-refractivity contribution >= 4 is 69.8 Å². The van der Waals surface area contributed by atoms with Crippen molar-refractivity contribution in [3.63, 3.8) is 0 Å². The van der Waals surface area contributed by atoms with Gasteiger partial charge in [0.25, 0.3) is 0 Å². The second kappa shape index (κ2) is 10.0. The fourth-order valence-corrected chi connectivity index (χ4v) is 8.90. The van der Waals surface area contributed by atoms with Crippen LogP contribution in [0.25, 0.3) is 69.6 Å². The van der Waals surface area contributed by atoms with E-state index in [0.717, 1.165) is 0 Å². The summed E-state index contributed by atoms with van der Waals surface area (Å²) >= 11 is 1.91. The summed E-state index contributed by atoms with van der Waals surface area (Å²) in [5.41, 5.74) is 12.6. The van der Waals surface area contributed by atoms with Crippen molar-refractivity contribution in [3.8, 4) is 11.1 Å². The van der Waals surface area contributed by atoms with E-state index >= 15 is 0 Å². The summed E-state index contributed by atoms with van der Waals surface area (Å²) in [6.45, 7) is 0.661. The molecular formula is C42H29N3S. The lowest BCUT2D eigenvalue weighted by Gasteiger charge is -2.25. The topological polar surface area (TPSA) is 20.2 Å². The van der Waals surface area contributed by atoms with Crippen molar-refractivity contribution in [1.29, 1.82) is 0 Å². The van der Waals surface area contributed by atoms with Gasteiger partial charge in [0.1, 0.15) is 6.67 Å². The first-order chi connectivity index (χ1) is 22.8. The molecule has 2 aromatic heterocycles. The van der Waals surface area contributed by atoms with Crippen LogP contribution in [0.4, 0.5) is 0 Å². The van der Waals surface area contributed by atoms with Crippen LogP contribution in [-0.2, 0) is 6.67 Å². The van der Waals surface area contributed by atoms with Crippen molar-refractivity contribution in [3.05, 3.63) is 163 Å². The third-order valence-electron chi connectivity index (χ3n) is 9.64. The molecule has 10 rings (SSSR count). The van der Waals surface area contributed by atoms with Gasteiger partial charge in [0, 0.05) is 47.3 Å². The highest BCUT2D eigenvalue weighted by Crippen LogP contribution is 2.48. The minimum Gasteiger partial charge on any atom is -0.320 e. The summed E-state index contributed by atoms with van der Waals surface area (Å²) in [6, 6.07) is 46.6. The van der Waals surface area contributed by atoms with Crippen molar-refractivity contribution in [1.82, 2.24) is 15.0 Å². The van der Waals surface area contributed by atoms with Gasteiger partial charge in [-0.3, -0.25) is 5.01 Å². The van der Waals surface area contributed by atoms with Gasteiger partial charge >= 0.3 is 0 Å². The minimum absolute atomic E-state index is 0.141. The largest absolute Gasteiger partial charge is 0.320 e. The molecule has 1 aliphatic heterocycles. The van der Waals surface area contributed by atoms with E-state index in [1.165, 1.54) is 80.7 Å². The van der Waals surface area contributed by atoms with E-state index in [0.29, 0.717) is 6.67 Å². The lowest BCUT2D eigenvalue weighted by Crippen LogP contribution is -2.37. The van der Waals surface area contributed by atoms with Crippen molar-refractivity contribution < 1.29 is 0 Å². The molecule has 46 heavy (non-hydrogen) atoms. The zero-order chi connectivity index (χ0) is 30.2. The maximum atomic E-state index is 3.86. The van der Waals surface area contributed by atoms with Crippen LogP contribution in [0.15, 0.2) is 157 Å². The molecule has 0 spiro atoms. The predicted molar refractivity (Wildman–Crippen MR) is 196 cm³/mol. The molecule has 3 nitrogen and oxygen atoms in total. The van der Waals surface area contributed by atoms with Crippen LogP contribution in [0.5, 0.6) is 0 Å². The van der Waals surface area contributed by atoms with Gasteiger partial charge in [-0.25, -0.2) is 5.43 Å². The number of thiophene rings is 1. The molecule has 0 amide bonds. The Labute approximate surface area is 270 Å². The molecule has 0 bridgehead atoms. The summed E-state index contributed by atoms with van der Waals surface area (Å²) in [5.74, 6) is 0. The summed E-state index contributed by atoms with van der Waals surface area (Å²) in [5, 5.41) is 10.3. The van der Waals surface area contributed by atoms with E-state index in [9.17, 15) is 0 Å². The average molecular weight is 608 g/mol. The van der Waals surface area contributed by atoms with Gasteiger partial charge in [-0.1, -0.05) is 133 Å². The zero-order valence-electron chi connectivity index (χ0n) is 25.0. The van der Waals surface area contributed by atoms with Crippen molar-refractivity contribution in [2.45, 2.75) is 12.7 Å². The van der Waals surface area contributed by atoms with Crippen LogP contribution in [0.3, 0.4) is 0 Å². The molecule has 0 fully saturated rings. The number of hydrazine groups is 1. The Morgan fingerprint density at radius 1 is 0.609 bits per heavy atom. The Kier molecular flexibility index (Phi) is 5.65. The molecular weight excluding hydrogens is 579 g/mol. The van der Waals surface area contributed by atoms with Crippen LogP contribution in [0.1, 0.15) is 5.56 Å². The first-order valence-electron chi connectivity index (χ1n) is 15.8. The number of fused-ring (bicyclic) bond motifs is 11. The van der Waals surface area contributed by atoms with Gasteiger partial charge in [0.05, 0.1) is 22.8 Å². The molecule has 218 valence electrons. The molecule has 0 saturated heterocycles. The Bertz CT molecular complexity index is 2590. The molecule has 3 heterocycles. The van der Waals surface area contributed by atoms with E-state index < -0.39 is 0 Å². The predicted octanol–water partition coefficient (Wildman–Crippen LogP) is 10.7. The molecule has 6 aromatic carbocycles. The number of aromatic nitrogens is 1. The second-order valence-electron chi connectivity index (χ2n) is 12.2. The smallest absolute Gasteiger partial charge is 0.110 e. The number of nitrogens with zero attached hydrogens (tertiary/aromatic N) is 2. The SMILES string of the molecule is C1=CC2=C(c3ccccc3)N(Cn3c4ccc(-c5ccccc5)cc4c4c5c6ccccc6sc5c5ccccc5c43)NC2C=C1. The van der Waals surface area contributed by atoms with E-state index in [2.05, 4.69) is 167 Å². The Hall–Kier alpha value is -5.42. The Morgan fingerprint density at radius 3 is 2.15 bits per heavy atom. The maximum absolute atomic E-state index is 3.86. The average Bonchev–Trinajstić information content (AvgIpc) is 3.79. The number of rotatable bonds is 4. The van der Waals surface area contributed by atoms with E-state index in [1.807, 2.05) is 11.3 Å². The van der Waals surface area contributed by atoms with Gasteiger partial charge in [-0.05, 0) is 34.9 Å². The quantitative estimate of drug-likeness (QED) is 0.215. The molecule has 1 unspecified atom stereocenters. The minimum atomic E-state index is 0.141. The Balaban J connectivity index is 1.31. The maximum Gasteiger partial charge on any atom is 0.110 e. The molecule has 2 aliphatic rings. The fourth-order valence-electron chi connectivity index (χ4n) is 7.66. The van der Waals surface area contributed by atoms with Gasteiger partial charge < -0.3 is 4.57 Å². The summed E-state index contributed by atoms with van der Waals surface area (Å²) < 4.78 is 5.24. The van der Waals surface area contributed by atoms with Crippen LogP contribution < -0.4 is 5.43 Å². The highest BCUT2D eigenvalue weighted by atomic mass is 32.1. The highest BCUT2D eigenvalue weighted by molar-refractivity contribution is 7.27. The first-order valence-corrected chi connectivity index (χ1v) is 16.7. The third kappa shape index (κ3) is 3.75. The van der Waals surface area contributed by atoms with Gasteiger partial charge in [0.2, 0.25) is 0 Å². The third-order valence-corrected chi connectivity index (χ3v) is 10.8. The van der Waals surface area contributed by atoms with Crippen LogP contribution in [0.2, 0.25) is 0 Å². The van der Waals surface area contributed by atoms with Gasteiger partial charge in [0.15, 0.2) is 0 Å². The van der Waals surface area contributed by atoms with Gasteiger partial charge in [-0.15, -0.1) is 11.3 Å². The molecule has 0 saturated carbocycles. The van der Waals surface area contributed by atoms with E-state index in [1.54, 1.807) is 0 Å². The van der Waals surface area contributed by atoms with Crippen LogP contribution in [-0.4, -0.2) is 15.6 Å². The van der Waals surface area contributed by atoms with E-state index in [4.69, 9.17) is 0 Å². The van der Waals surface area contributed by atoms with Crippen molar-refractivity contribution in [2.24, 2.45) is 0 Å². The molecule has 1 atom stereocenters. The van der Waals surface area contributed by atoms with E-state index in [-0.39, 0.29) is 6.04 Å². The zero-order valence-corrected chi connectivity index (χ0v) is 25.8. The lowest BCUT2D eigenvalue weighted by atomic mass is 9.98. The van der Waals surface area contributed by atoms with Crippen LogP contribution in [0, 0.1) is 0 Å². The number of hydrogen-bond donors (Lipinski definition) is 1. The fraction of sp³-hybridized carbons (Fsp3) is 0.0476. The van der Waals surface area contributed by atoms with Crippen LogP contribution >= 0.6 is 11.3 Å². The van der Waals surface area contributed by atoms with Gasteiger partial charge in [-0.2, -0.15) is 0 Å². The molecule has 0 radical (unpaired) electrons. The highest BCUT2D eigenvalue weighted by Gasteiger charge is 2.31. The number of benzene rings is 6. The second-order valence-corrected chi connectivity index (χ2v) is 13.2. The lowest BCUT2D eigenvalue weighted by molar-refractivity contribution is 0.253. The first kappa shape index (κ1) is 25.9. The normalized spacial score (nSPS) is 16.2.